The molecule has 1 heterocycles. The van der Waals surface area contributed by atoms with Gasteiger partial charge in [-0.2, -0.15) is 0 Å². The molecule has 0 saturated carbocycles. The molecule has 0 atom stereocenters. The Balaban J connectivity index is 2.20. The molecule has 4 nitrogen and oxygen atoms in total. The van der Waals surface area contributed by atoms with Crippen LogP contribution in [0.25, 0.3) is 10.6 Å². The van der Waals surface area contributed by atoms with Crippen molar-refractivity contribution in [3.8, 4) is 10.6 Å². The molecule has 2 rings (SSSR count). The summed E-state index contributed by atoms with van der Waals surface area (Å²) in [5.41, 5.74) is 2.51. The number of carbonyl (C=O) groups is 1. The van der Waals surface area contributed by atoms with E-state index in [2.05, 4.69) is 4.98 Å². The fourth-order valence-corrected chi connectivity index (χ4v) is 2.40. The van der Waals surface area contributed by atoms with Gasteiger partial charge in [0.1, 0.15) is 5.01 Å². The molecule has 0 aliphatic heterocycles. The molecular weight excluding hydrogens is 260 g/mol. The highest BCUT2D eigenvalue weighted by Gasteiger charge is 2.12. The molecule has 1 aromatic heterocycles. The molecule has 0 unspecified atom stereocenters. The predicted octanol–water partition coefficient (Wildman–Crippen LogP) is 3.05. The lowest BCUT2D eigenvalue weighted by Gasteiger charge is -2.11. The van der Waals surface area contributed by atoms with Gasteiger partial charge in [-0.15, -0.1) is 11.3 Å². The number of anilines is 1. The number of hydrogen-bond acceptors (Lipinski definition) is 5. The standard InChI is InChI=1S/C14H16N2O2S/c1-4-18-14(17)12-9-19-13(15-12)10-5-7-11(8-6-10)16(2)3/h5-9H,4H2,1-3H3. The van der Waals surface area contributed by atoms with Crippen LogP contribution < -0.4 is 4.90 Å². The monoisotopic (exact) mass is 276 g/mol. The first-order valence-corrected chi connectivity index (χ1v) is 6.90. The molecule has 0 fully saturated rings. The highest BCUT2D eigenvalue weighted by atomic mass is 32.1. The first kappa shape index (κ1) is 13.5. The maximum atomic E-state index is 11.5. The quantitative estimate of drug-likeness (QED) is 0.805. The van der Waals surface area contributed by atoms with Crippen molar-refractivity contribution in [1.82, 2.24) is 4.98 Å². The minimum Gasteiger partial charge on any atom is -0.461 e. The smallest absolute Gasteiger partial charge is 0.357 e. The molecule has 0 spiro atoms. The van der Waals surface area contributed by atoms with E-state index in [-0.39, 0.29) is 5.97 Å². The van der Waals surface area contributed by atoms with E-state index in [1.165, 1.54) is 11.3 Å². The van der Waals surface area contributed by atoms with Gasteiger partial charge < -0.3 is 9.64 Å². The Morgan fingerprint density at radius 2 is 2.00 bits per heavy atom. The fourth-order valence-electron chi connectivity index (χ4n) is 1.61. The first-order valence-electron chi connectivity index (χ1n) is 6.02. The minimum absolute atomic E-state index is 0.364. The van der Waals surface area contributed by atoms with E-state index < -0.39 is 0 Å². The van der Waals surface area contributed by atoms with Crippen LogP contribution in [0.4, 0.5) is 5.69 Å². The summed E-state index contributed by atoms with van der Waals surface area (Å²) in [7, 11) is 3.99. The summed E-state index contributed by atoms with van der Waals surface area (Å²) in [5.74, 6) is -0.366. The second-order valence-corrected chi connectivity index (χ2v) is 5.06. The minimum atomic E-state index is -0.366. The summed E-state index contributed by atoms with van der Waals surface area (Å²) in [6, 6.07) is 8.06. The zero-order chi connectivity index (χ0) is 13.8. The fraction of sp³-hybridized carbons (Fsp3) is 0.286. The second-order valence-electron chi connectivity index (χ2n) is 4.20. The Labute approximate surface area is 116 Å². The lowest BCUT2D eigenvalue weighted by atomic mass is 10.2. The van der Waals surface area contributed by atoms with Crippen LogP contribution >= 0.6 is 11.3 Å². The Kier molecular flexibility index (Phi) is 4.16. The molecule has 1 aromatic carbocycles. The third-order valence-corrected chi connectivity index (χ3v) is 3.51. The lowest BCUT2D eigenvalue weighted by Crippen LogP contribution is -2.07. The molecule has 0 aliphatic carbocycles. The van der Waals surface area contributed by atoms with E-state index in [1.54, 1.807) is 12.3 Å². The average Bonchev–Trinajstić information content (AvgIpc) is 2.89. The first-order chi connectivity index (χ1) is 9.11. The number of aromatic nitrogens is 1. The highest BCUT2D eigenvalue weighted by molar-refractivity contribution is 7.13. The van der Waals surface area contributed by atoms with Crippen molar-refractivity contribution in [3.63, 3.8) is 0 Å². The van der Waals surface area contributed by atoms with E-state index in [9.17, 15) is 4.79 Å². The number of nitrogens with zero attached hydrogens (tertiary/aromatic N) is 2. The van der Waals surface area contributed by atoms with Crippen LogP contribution in [0.3, 0.4) is 0 Å². The number of rotatable bonds is 4. The van der Waals surface area contributed by atoms with Crippen molar-refractivity contribution in [2.24, 2.45) is 0 Å². The van der Waals surface area contributed by atoms with Crippen molar-refractivity contribution in [2.75, 3.05) is 25.6 Å². The van der Waals surface area contributed by atoms with Gasteiger partial charge in [0.2, 0.25) is 0 Å². The predicted molar refractivity (Wildman–Crippen MR) is 77.8 cm³/mol. The summed E-state index contributed by atoms with van der Waals surface area (Å²) in [6.45, 7) is 2.15. The van der Waals surface area contributed by atoms with Crippen LogP contribution in [0.1, 0.15) is 17.4 Å². The summed E-state index contributed by atoms with van der Waals surface area (Å²) in [6.07, 6.45) is 0. The number of esters is 1. The number of carbonyl (C=O) groups excluding carboxylic acids is 1. The topological polar surface area (TPSA) is 42.4 Å². The molecule has 5 heteroatoms. The van der Waals surface area contributed by atoms with E-state index in [0.717, 1.165) is 16.3 Å². The van der Waals surface area contributed by atoms with Crippen LogP contribution in [0.2, 0.25) is 0 Å². The SMILES string of the molecule is CCOC(=O)c1csc(-c2ccc(N(C)C)cc2)n1. The summed E-state index contributed by atoms with van der Waals surface area (Å²) in [4.78, 5) is 17.9. The zero-order valence-electron chi connectivity index (χ0n) is 11.2. The van der Waals surface area contributed by atoms with Gasteiger partial charge in [0.05, 0.1) is 6.61 Å². The van der Waals surface area contributed by atoms with E-state index in [0.29, 0.717) is 12.3 Å². The van der Waals surface area contributed by atoms with Gasteiger partial charge in [-0.05, 0) is 31.2 Å². The molecular formula is C14H16N2O2S. The van der Waals surface area contributed by atoms with E-state index in [4.69, 9.17) is 4.74 Å². The van der Waals surface area contributed by atoms with Gasteiger partial charge in [-0.1, -0.05) is 0 Å². The molecule has 0 bridgehead atoms. The average molecular weight is 276 g/mol. The zero-order valence-corrected chi connectivity index (χ0v) is 12.0. The van der Waals surface area contributed by atoms with Crippen LogP contribution in [0.5, 0.6) is 0 Å². The van der Waals surface area contributed by atoms with E-state index >= 15 is 0 Å². The van der Waals surface area contributed by atoms with Crippen LogP contribution in [0.15, 0.2) is 29.6 Å². The summed E-state index contributed by atoms with van der Waals surface area (Å²) in [5, 5.41) is 2.56. The van der Waals surface area contributed by atoms with Gasteiger partial charge >= 0.3 is 5.97 Å². The van der Waals surface area contributed by atoms with Crippen molar-refractivity contribution >= 4 is 23.0 Å². The van der Waals surface area contributed by atoms with Gasteiger partial charge in [-0.25, -0.2) is 9.78 Å². The van der Waals surface area contributed by atoms with Gasteiger partial charge in [-0.3, -0.25) is 0 Å². The maximum Gasteiger partial charge on any atom is 0.357 e. The normalized spacial score (nSPS) is 10.3. The summed E-state index contributed by atoms with van der Waals surface area (Å²) >= 11 is 1.45. The Morgan fingerprint density at radius 3 is 2.58 bits per heavy atom. The Bertz CT molecular complexity index is 561. The van der Waals surface area contributed by atoms with Crippen LogP contribution in [0, 0.1) is 0 Å². The number of ether oxygens (including phenoxy) is 1. The van der Waals surface area contributed by atoms with Gasteiger partial charge in [0, 0.05) is 30.7 Å². The third-order valence-electron chi connectivity index (χ3n) is 2.62. The van der Waals surface area contributed by atoms with E-state index in [1.807, 2.05) is 43.3 Å². The second kappa shape index (κ2) is 5.84. The van der Waals surface area contributed by atoms with Crippen molar-refractivity contribution in [1.29, 1.82) is 0 Å². The van der Waals surface area contributed by atoms with Crippen LogP contribution in [-0.4, -0.2) is 31.7 Å². The Hall–Kier alpha value is -1.88. The molecule has 0 N–H and O–H groups in total. The molecule has 2 aromatic rings. The van der Waals surface area contributed by atoms with Crippen molar-refractivity contribution in [2.45, 2.75) is 6.92 Å². The molecule has 0 amide bonds. The highest BCUT2D eigenvalue weighted by Crippen LogP contribution is 2.25. The number of hydrogen-bond donors (Lipinski definition) is 0. The van der Waals surface area contributed by atoms with Crippen LogP contribution in [-0.2, 0) is 4.74 Å². The summed E-state index contributed by atoms with van der Waals surface area (Å²) < 4.78 is 4.93. The number of benzene rings is 1. The van der Waals surface area contributed by atoms with Gasteiger partial charge in [0.15, 0.2) is 5.69 Å². The lowest BCUT2D eigenvalue weighted by molar-refractivity contribution is 0.0520. The molecule has 19 heavy (non-hydrogen) atoms. The van der Waals surface area contributed by atoms with Crippen molar-refractivity contribution in [3.05, 3.63) is 35.3 Å². The van der Waals surface area contributed by atoms with Gasteiger partial charge in [0.25, 0.3) is 0 Å². The third kappa shape index (κ3) is 3.12. The molecule has 0 saturated heterocycles. The maximum absolute atomic E-state index is 11.5. The Morgan fingerprint density at radius 1 is 1.32 bits per heavy atom. The molecule has 0 aliphatic rings. The van der Waals surface area contributed by atoms with Crippen molar-refractivity contribution < 1.29 is 9.53 Å². The number of thiazole rings is 1. The molecule has 0 radical (unpaired) electrons. The molecule has 100 valence electrons. The largest absolute Gasteiger partial charge is 0.461 e.